The molecule has 0 aromatic heterocycles. The van der Waals surface area contributed by atoms with E-state index < -0.39 is 188 Å². The van der Waals surface area contributed by atoms with Gasteiger partial charge in [-0.05, 0) is 0 Å². The summed E-state index contributed by atoms with van der Waals surface area (Å²) in [6, 6.07) is 0. The monoisotopic (exact) mass is 1160 g/mol. The van der Waals surface area contributed by atoms with Crippen LogP contribution in [0.2, 0.25) is 0 Å². The molecule has 0 saturated carbocycles. The van der Waals surface area contributed by atoms with Gasteiger partial charge in [-0.15, -0.1) is 12.8 Å². The van der Waals surface area contributed by atoms with Crippen LogP contribution in [-0.2, 0) is 153 Å². The molecule has 0 radical (unpaired) electrons. The highest BCUT2D eigenvalue weighted by Crippen LogP contribution is 2.27. The smallest absolute Gasteiger partial charge is 0.376 e. The number of alkyl halides is 4. The van der Waals surface area contributed by atoms with E-state index in [-0.39, 0.29) is 0 Å². The summed E-state index contributed by atoms with van der Waals surface area (Å²) in [5, 5.41) is -6.33. The molecule has 0 amide bonds. The number of hydrogen-bond acceptors (Lipinski definition) is 32. The first kappa shape index (κ1) is 62.0. The zero-order valence-electron chi connectivity index (χ0n) is 33.0. The SMILES string of the molecule is C#CCOC(=O)C1(F)COS(=O)(=O)CS(=O)(=O)O1.C#CCOC(=O)C1OS(=O)(=O)CS(=O)(=O)OC1F.COC(=O)C1(F)COS(=O)(=O)CS(=O)(=O)O1.COC(=O)C1OS(=O)(=O)CS(=O)(=O)OC1F. The summed E-state index contributed by atoms with van der Waals surface area (Å²) in [6.07, 6.45) is -0.762. The van der Waals surface area contributed by atoms with E-state index in [1.54, 1.807) is 0 Å². The van der Waals surface area contributed by atoms with Gasteiger partial charge in [-0.3, -0.25) is 8.37 Å². The van der Waals surface area contributed by atoms with Gasteiger partial charge in [0.15, 0.2) is 13.2 Å². The molecule has 0 aliphatic carbocycles. The van der Waals surface area contributed by atoms with E-state index in [9.17, 15) is 104 Å². The lowest BCUT2D eigenvalue weighted by atomic mass is 10.3. The van der Waals surface area contributed by atoms with Gasteiger partial charge in [0, 0.05) is 0 Å². The second kappa shape index (κ2) is 23.3. The fraction of sp³-hybridized carbons (Fsp3) is 0.667. The van der Waals surface area contributed by atoms with Crippen LogP contribution in [0.15, 0.2) is 0 Å². The number of esters is 4. The van der Waals surface area contributed by atoms with Crippen molar-refractivity contribution in [1.29, 1.82) is 0 Å². The number of halogens is 4. The molecule has 4 aliphatic rings. The van der Waals surface area contributed by atoms with Crippen molar-refractivity contribution in [3.05, 3.63) is 0 Å². The maximum absolute atomic E-state index is 13.9. The zero-order valence-corrected chi connectivity index (χ0v) is 39.5. The Kier molecular flexibility index (Phi) is 21.2. The summed E-state index contributed by atoms with van der Waals surface area (Å²) in [6.45, 7) is -4.09. The van der Waals surface area contributed by atoms with Crippen molar-refractivity contribution in [3.8, 4) is 24.7 Å². The van der Waals surface area contributed by atoms with Crippen molar-refractivity contribution in [1.82, 2.24) is 0 Å². The standard InChI is InChI=1S/2C7H7FO8S2.2C5H7FO8S2/c1-2-3-14-6(9)7(8)4-15-17(10,11)5-18(12,13)16-7;1-2-3-14-7(9)5-6(8)16-18(12,13)4-17(10,11)15-5;1-12-4(7)5(6)2-13-15(8,9)3-16(10,11)14-5;1-12-5(7)3-4(6)14-16(10,11)2-15(8,9)13-3/h1H,3-5H2;1,5-6H,3-4H2;2-3H2,1H3;3-4H,2H2,1H3. The quantitative estimate of drug-likeness (QED) is 0.0785. The summed E-state index contributed by atoms with van der Waals surface area (Å²) >= 11 is 0. The van der Waals surface area contributed by atoms with Gasteiger partial charge in [-0.25, -0.2) is 53.1 Å². The molecule has 44 heteroatoms. The van der Waals surface area contributed by atoms with E-state index >= 15 is 0 Å². The number of terminal acetylenes is 2. The van der Waals surface area contributed by atoms with Gasteiger partial charge >= 0.3 is 35.6 Å². The van der Waals surface area contributed by atoms with Gasteiger partial charge in [0.25, 0.3) is 93.7 Å². The highest BCUT2D eigenvalue weighted by Gasteiger charge is 2.53. The Bertz CT molecular complexity index is 2930. The number of rotatable bonds is 6. The predicted octanol–water partition coefficient (Wildman–Crippen LogP) is -6.04. The third-order valence-corrected chi connectivity index (χ3v) is 19.2. The molecule has 0 N–H and O–H groups in total. The third-order valence-electron chi connectivity index (χ3n) is 6.02. The predicted molar refractivity (Wildman–Crippen MR) is 198 cm³/mol. The number of carbonyl (C=O) groups is 4. The van der Waals surface area contributed by atoms with E-state index in [1.165, 1.54) is 0 Å². The van der Waals surface area contributed by atoms with Crippen LogP contribution in [-0.4, -0.2) is 189 Å². The van der Waals surface area contributed by atoms with Gasteiger partial charge in [0.2, 0.25) is 32.5 Å². The lowest BCUT2D eigenvalue weighted by Gasteiger charge is -2.18. The van der Waals surface area contributed by atoms with E-state index in [1.807, 2.05) is 11.8 Å². The minimum absolute atomic E-state index is 0.557. The van der Waals surface area contributed by atoms with Crippen LogP contribution < -0.4 is 0 Å². The Morgan fingerprint density at radius 3 is 1.18 bits per heavy atom. The first-order valence-electron chi connectivity index (χ1n) is 15.8. The molecule has 0 spiro atoms. The van der Waals surface area contributed by atoms with Crippen LogP contribution in [0.3, 0.4) is 0 Å². The first-order valence-corrected chi connectivity index (χ1v) is 28.4. The van der Waals surface area contributed by atoms with Crippen molar-refractivity contribution in [2.24, 2.45) is 0 Å². The van der Waals surface area contributed by atoms with Crippen LogP contribution in [0.25, 0.3) is 0 Å². The molecule has 4 saturated heterocycles. The van der Waals surface area contributed by atoms with E-state index in [2.05, 4.69) is 52.4 Å². The van der Waals surface area contributed by atoms with Crippen molar-refractivity contribution in [3.63, 3.8) is 0 Å². The molecule has 4 fully saturated rings. The van der Waals surface area contributed by atoms with E-state index in [4.69, 9.17) is 12.8 Å². The summed E-state index contributed by atoms with van der Waals surface area (Å²) in [7, 11) is -35.7. The number of ether oxygens (including phenoxy) is 4. The maximum atomic E-state index is 13.9. The summed E-state index contributed by atoms with van der Waals surface area (Å²) < 4.78 is 277. The van der Waals surface area contributed by atoms with E-state index in [0.717, 1.165) is 14.2 Å². The highest BCUT2D eigenvalue weighted by atomic mass is 32.3. The Hall–Kier alpha value is -4.00. The third kappa shape index (κ3) is 20.5. The van der Waals surface area contributed by atoms with Crippen LogP contribution in [0.5, 0.6) is 0 Å². The lowest BCUT2D eigenvalue weighted by Crippen LogP contribution is -2.43. The molecule has 0 bridgehead atoms. The van der Waals surface area contributed by atoms with Gasteiger partial charge in [0.1, 0.15) is 13.2 Å². The Morgan fingerprint density at radius 1 is 0.500 bits per heavy atom. The maximum Gasteiger partial charge on any atom is 0.376 e. The molecule has 4 aliphatic heterocycles. The van der Waals surface area contributed by atoms with E-state index in [0.29, 0.717) is 0 Å². The molecule has 32 nitrogen and oxygen atoms in total. The Labute approximate surface area is 381 Å². The minimum atomic E-state index is -4.84. The Morgan fingerprint density at radius 2 is 0.824 bits per heavy atom. The summed E-state index contributed by atoms with van der Waals surface area (Å²) in [5.41, 5.74) is 0. The average Bonchev–Trinajstić information content (AvgIpc) is 3.41. The fourth-order valence-corrected chi connectivity index (χ4v) is 14.6. The molecular formula is C24H28F4O32S8. The highest BCUT2D eigenvalue weighted by molar-refractivity contribution is 8.05. The summed E-state index contributed by atoms with van der Waals surface area (Å²) in [5.74, 6) is -9.74. The van der Waals surface area contributed by atoms with Crippen LogP contribution >= 0.6 is 0 Å². The van der Waals surface area contributed by atoms with Crippen molar-refractivity contribution < 1.29 is 156 Å². The van der Waals surface area contributed by atoms with Crippen LogP contribution in [0, 0.1) is 24.7 Å². The number of carbonyl (C=O) groups excluding carboxylic acids is 4. The minimum Gasteiger partial charge on any atom is -0.467 e. The molecule has 0 aromatic rings. The van der Waals surface area contributed by atoms with Gasteiger partial charge in [0.05, 0.1) is 14.2 Å². The largest absolute Gasteiger partial charge is 0.467 e. The fourth-order valence-electron chi connectivity index (χ4n) is 3.66. The molecule has 4 heterocycles. The van der Waals surface area contributed by atoms with Crippen molar-refractivity contribution >= 4 is 105 Å². The van der Waals surface area contributed by atoms with Crippen LogP contribution in [0.4, 0.5) is 17.6 Å². The second-order valence-corrected chi connectivity index (χ2v) is 25.9. The van der Waals surface area contributed by atoms with Gasteiger partial charge in [-0.1, -0.05) is 11.8 Å². The first-order chi connectivity index (χ1) is 30.5. The molecule has 6 atom stereocenters. The topological polar surface area (TPSA) is 452 Å². The average molecular weight is 1160 g/mol. The molecule has 6 unspecified atom stereocenters. The number of hydrogen-bond donors (Lipinski definition) is 0. The molecular weight excluding hydrogens is 1130 g/mol. The van der Waals surface area contributed by atoms with Gasteiger partial charge in [-0.2, -0.15) is 76.1 Å². The van der Waals surface area contributed by atoms with Crippen molar-refractivity contribution in [2.45, 2.75) is 36.6 Å². The van der Waals surface area contributed by atoms with Crippen LogP contribution in [0.1, 0.15) is 0 Å². The summed E-state index contributed by atoms with van der Waals surface area (Å²) in [4.78, 5) is 44.2. The second-order valence-electron chi connectivity index (χ2n) is 11.6. The molecule has 0 aromatic carbocycles. The van der Waals surface area contributed by atoms with Gasteiger partial charge < -0.3 is 18.9 Å². The zero-order chi connectivity index (χ0) is 53.2. The van der Waals surface area contributed by atoms with Crippen molar-refractivity contribution in [2.75, 3.05) is 61.0 Å². The lowest BCUT2D eigenvalue weighted by molar-refractivity contribution is -0.182. The molecule has 4 rings (SSSR count). The Balaban J connectivity index is 0.000000454. The molecule has 68 heavy (non-hydrogen) atoms. The molecule has 392 valence electrons. The number of methoxy groups -OCH3 is 2. The normalized spacial score (nSPS) is 31.1.